The van der Waals surface area contributed by atoms with Gasteiger partial charge in [-0.05, 0) is 71.1 Å². The zero-order valence-electron chi connectivity index (χ0n) is 19.8. The smallest absolute Gasteiger partial charge is 0.423 e. The van der Waals surface area contributed by atoms with E-state index in [1.54, 1.807) is 12.0 Å². The molecule has 1 fully saturated rings. The maximum absolute atomic E-state index is 13.4. The highest BCUT2D eigenvalue weighted by molar-refractivity contribution is 5.29. The first-order valence-electron chi connectivity index (χ1n) is 10.9. The van der Waals surface area contributed by atoms with Gasteiger partial charge in [0.1, 0.15) is 18.0 Å². The third-order valence-electron chi connectivity index (χ3n) is 5.98. The predicted octanol–water partition coefficient (Wildman–Crippen LogP) is 7.00. The Morgan fingerprint density at radius 3 is 1.79 bits per heavy atom. The Labute approximate surface area is 191 Å². The highest BCUT2D eigenvalue weighted by atomic mass is 19.4. The molecule has 1 saturated heterocycles. The van der Waals surface area contributed by atoms with Gasteiger partial charge in [-0.1, -0.05) is 19.1 Å². The number of ether oxygens (including phenoxy) is 2. The monoisotopic (exact) mass is 485 g/mol. The van der Waals surface area contributed by atoms with Gasteiger partial charge in [0, 0.05) is 11.1 Å². The number of nitrogens with zero attached hydrogens (tertiary/aromatic N) is 1. The zero-order chi connectivity index (χ0) is 25.2. The van der Waals surface area contributed by atoms with Crippen LogP contribution < -0.4 is 4.74 Å². The average Bonchev–Trinajstić information content (AvgIpc) is 2.67. The normalized spacial score (nSPS) is 21.1. The van der Waals surface area contributed by atoms with Gasteiger partial charge in [0.05, 0.1) is 7.11 Å². The number of rotatable bonds is 8. The minimum atomic E-state index is -5.63. The molecule has 0 aromatic heterocycles. The highest BCUT2D eigenvalue weighted by Gasteiger charge is 2.59. The quantitative estimate of drug-likeness (QED) is 0.371. The van der Waals surface area contributed by atoms with Crippen LogP contribution in [0.4, 0.5) is 26.3 Å². The fraction of sp³-hybridized carbons (Fsp3) is 0.739. The molecule has 1 aromatic rings. The summed E-state index contributed by atoms with van der Waals surface area (Å²) in [5.74, 6) is 0.410. The lowest BCUT2D eigenvalue weighted by atomic mass is 9.82. The van der Waals surface area contributed by atoms with Gasteiger partial charge in [0.25, 0.3) is 0 Å². The number of alkyl halides is 6. The van der Waals surface area contributed by atoms with Crippen LogP contribution in [0.2, 0.25) is 0 Å². The molecule has 0 bridgehead atoms. The van der Waals surface area contributed by atoms with Crippen molar-refractivity contribution in [3.8, 4) is 5.75 Å². The maximum atomic E-state index is 13.4. The summed E-state index contributed by atoms with van der Waals surface area (Å²) in [5, 5.41) is 1.72. The highest BCUT2D eigenvalue weighted by Crippen LogP contribution is 2.43. The standard InChI is InChI=1S/C23H33F6NO3/c1-7-17(33-30-20(2,3)13-8-14-21(30,4)5)18(15-9-11-16(31-6)12-10-15)32-19(22(24,25)26)23(27,28)29/h9-12,17-19H,7-8,13-14H2,1-6H3/t17-,18-/m1/s1. The SMILES string of the molecule is CC[C@@H](ON1C(C)(C)CCCC1(C)C)[C@H](OC(C(F)(F)F)C(F)(F)F)c1ccc(OC)cc1. The van der Waals surface area contributed by atoms with E-state index >= 15 is 0 Å². The minimum absolute atomic E-state index is 0.127. The van der Waals surface area contributed by atoms with Crippen LogP contribution in [0.3, 0.4) is 0 Å². The number of hydrogen-bond acceptors (Lipinski definition) is 4. The largest absolute Gasteiger partial charge is 0.497 e. The van der Waals surface area contributed by atoms with E-state index in [1.165, 1.54) is 31.4 Å². The third kappa shape index (κ3) is 6.76. The van der Waals surface area contributed by atoms with Crippen molar-refractivity contribution in [2.24, 2.45) is 0 Å². The summed E-state index contributed by atoms with van der Waals surface area (Å²) in [6.07, 6.45) is -15.3. The number of benzene rings is 1. The molecule has 0 aliphatic carbocycles. The molecule has 1 heterocycles. The minimum Gasteiger partial charge on any atom is -0.497 e. The van der Waals surface area contributed by atoms with Crippen molar-refractivity contribution in [1.29, 1.82) is 0 Å². The molecule has 0 radical (unpaired) electrons. The van der Waals surface area contributed by atoms with Gasteiger partial charge >= 0.3 is 12.4 Å². The van der Waals surface area contributed by atoms with E-state index in [1.807, 2.05) is 27.7 Å². The van der Waals surface area contributed by atoms with Gasteiger partial charge in [0.2, 0.25) is 6.10 Å². The molecule has 0 unspecified atom stereocenters. The molecular weight excluding hydrogens is 452 g/mol. The Morgan fingerprint density at radius 1 is 0.909 bits per heavy atom. The second kappa shape index (κ2) is 10.00. The molecule has 4 nitrogen and oxygen atoms in total. The molecule has 1 aliphatic heterocycles. The van der Waals surface area contributed by atoms with Gasteiger partial charge in [-0.25, -0.2) is 0 Å². The molecule has 33 heavy (non-hydrogen) atoms. The molecule has 0 amide bonds. The summed E-state index contributed by atoms with van der Waals surface area (Å²) in [6.45, 7) is 9.41. The fourth-order valence-electron chi connectivity index (χ4n) is 4.40. The summed E-state index contributed by atoms with van der Waals surface area (Å²) in [7, 11) is 1.41. The number of methoxy groups -OCH3 is 1. The van der Waals surface area contributed by atoms with E-state index in [9.17, 15) is 26.3 Å². The molecule has 2 rings (SSSR count). The summed E-state index contributed by atoms with van der Waals surface area (Å²) in [4.78, 5) is 6.21. The van der Waals surface area contributed by atoms with Crippen LogP contribution in [0.1, 0.15) is 72.0 Å². The zero-order valence-corrected chi connectivity index (χ0v) is 19.8. The molecular formula is C23H33F6NO3. The van der Waals surface area contributed by atoms with Crippen LogP contribution in [-0.2, 0) is 9.57 Å². The number of halogens is 6. The summed E-state index contributed by atoms with van der Waals surface area (Å²) in [6, 6.07) is 5.71. The van der Waals surface area contributed by atoms with Gasteiger partial charge in [-0.2, -0.15) is 31.4 Å². The van der Waals surface area contributed by atoms with Crippen LogP contribution in [0.25, 0.3) is 0 Å². The lowest BCUT2D eigenvalue weighted by Gasteiger charge is -2.53. The van der Waals surface area contributed by atoms with Crippen molar-refractivity contribution >= 4 is 0 Å². The third-order valence-corrected chi connectivity index (χ3v) is 5.98. The molecule has 10 heteroatoms. The Hall–Kier alpha value is -1.52. The fourth-order valence-corrected chi connectivity index (χ4v) is 4.40. The predicted molar refractivity (Wildman–Crippen MR) is 112 cm³/mol. The molecule has 2 atom stereocenters. The van der Waals surface area contributed by atoms with Crippen molar-refractivity contribution in [2.75, 3.05) is 7.11 Å². The van der Waals surface area contributed by atoms with Crippen molar-refractivity contribution in [3.63, 3.8) is 0 Å². The lowest BCUT2D eigenvalue weighted by Crippen LogP contribution is -2.60. The van der Waals surface area contributed by atoms with Crippen LogP contribution in [0.5, 0.6) is 5.75 Å². The van der Waals surface area contributed by atoms with Crippen molar-refractivity contribution < 1.29 is 40.7 Å². The van der Waals surface area contributed by atoms with Crippen LogP contribution >= 0.6 is 0 Å². The van der Waals surface area contributed by atoms with E-state index in [0.717, 1.165) is 19.3 Å². The Bertz CT molecular complexity index is 731. The number of piperidine rings is 1. The van der Waals surface area contributed by atoms with E-state index in [0.29, 0.717) is 5.75 Å². The average molecular weight is 486 g/mol. The van der Waals surface area contributed by atoms with Crippen molar-refractivity contribution in [1.82, 2.24) is 5.06 Å². The second-order valence-corrected chi connectivity index (χ2v) is 9.62. The Balaban J connectivity index is 2.49. The van der Waals surface area contributed by atoms with E-state index in [4.69, 9.17) is 14.3 Å². The van der Waals surface area contributed by atoms with Gasteiger partial charge in [0.15, 0.2) is 0 Å². The van der Waals surface area contributed by atoms with Crippen LogP contribution in [-0.4, -0.2) is 47.8 Å². The lowest BCUT2D eigenvalue weighted by molar-refractivity contribution is -0.360. The Kier molecular flexibility index (Phi) is 8.40. The molecule has 0 spiro atoms. The molecule has 0 N–H and O–H groups in total. The summed E-state index contributed by atoms with van der Waals surface area (Å²) in [5.41, 5.74) is -0.797. The first kappa shape index (κ1) is 27.7. The van der Waals surface area contributed by atoms with Gasteiger partial charge < -0.3 is 9.47 Å². The first-order valence-corrected chi connectivity index (χ1v) is 10.9. The molecule has 190 valence electrons. The number of hydrogen-bond donors (Lipinski definition) is 0. The van der Waals surface area contributed by atoms with Gasteiger partial charge in [-0.15, -0.1) is 0 Å². The maximum Gasteiger partial charge on any atom is 0.423 e. The second-order valence-electron chi connectivity index (χ2n) is 9.62. The first-order chi connectivity index (χ1) is 15.0. The summed E-state index contributed by atoms with van der Waals surface area (Å²) >= 11 is 0. The number of hydroxylamine groups is 2. The topological polar surface area (TPSA) is 30.9 Å². The van der Waals surface area contributed by atoms with Crippen LogP contribution in [0, 0.1) is 0 Å². The van der Waals surface area contributed by atoms with Crippen molar-refractivity contribution in [2.45, 2.75) is 102 Å². The Morgan fingerprint density at radius 2 is 1.39 bits per heavy atom. The van der Waals surface area contributed by atoms with Crippen molar-refractivity contribution in [3.05, 3.63) is 29.8 Å². The van der Waals surface area contributed by atoms with Crippen LogP contribution in [0.15, 0.2) is 24.3 Å². The molecule has 1 aliphatic rings. The van der Waals surface area contributed by atoms with E-state index in [-0.39, 0.29) is 12.0 Å². The van der Waals surface area contributed by atoms with E-state index < -0.39 is 41.7 Å². The molecule has 1 aromatic carbocycles. The van der Waals surface area contributed by atoms with E-state index in [2.05, 4.69) is 0 Å². The summed E-state index contributed by atoms with van der Waals surface area (Å²) < 4.78 is 90.1. The molecule has 0 saturated carbocycles. The van der Waals surface area contributed by atoms with Gasteiger partial charge in [-0.3, -0.25) is 4.84 Å².